The summed E-state index contributed by atoms with van der Waals surface area (Å²) in [4.78, 5) is 10.8. The van der Waals surface area contributed by atoms with E-state index in [0.717, 1.165) is 22.4 Å². The molecule has 1 aliphatic rings. The van der Waals surface area contributed by atoms with E-state index in [4.69, 9.17) is 14.6 Å². The maximum Gasteiger partial charge on any atom is 0.176 e. The Bertz CT molecular complexity index is 807. The Morgan fingerprint density at radius 1 is 0.880 bits per heavy atom. The fraction of sp³-hybridized carbons (Fsp3) is 0.381. The number of hydrogen-bond acceptors (Lipinski definition) is 3. The molecule has 0 amide bonds. The molecule has 0 unspecified atom stereocenters. The SMILES string of the molecule is c1ccc(-c2nc3ccccc3n2OCCOC2CCCCC2)cc1. The Morgan fingerprint density at radius 3 is 2.48 bits per heavy atom. The van der Waals surface area contributed by atoms with Gasteiger partial charge in [-0.25, -0.2) is 4.98 Å². The lowest BCUT2D eigenvalue weighted by Crippen LogP contribution is -2.23. The minimum atomic E-state index is 0.408. The van der Waals surface area contributed by atoms with Crippen LogP contribution in [0.1, 0.15) is 32.1 Å². The highest BCUT2D eigenvalue weighted by molar-refractivity contribution is 5.80. The maximum absolute atomic E-state index is 6.07. The smallest absolute Gasteiger partial charge is 0.176 e. The summed E-state index contributed by atoms with van der Waals surface area (Å²) in [5.41, 5.74) is 2.97. The number of rotatable bonds is 6. The molecule has 1 aromatic heterocycles. The van der Waals surface area contributed by atoms with Crippen molar-refractivity contribution >= 4 is 11.0 Å². The zero-order valence-corrected chi connectivity index (χ0v) is 14.4. The Morgan fingerprint density at radius 2 is 1.64 bits per heavy atom. The van der Waals surface area contributed by atoms with E-state index in [9.17, 15) is 0 Å². The van der Waals surface area contributed by atoms with Crippen LogP contribution in [-0.2, 0) is 4.74 Å². The van der Waals surface area contributed by atoms with Crippen LogP contribution in [0.25, 0.3) is 22.4 Å². The molecule has 0 saturated heterocycles. The van der Waals surface area contributed by atoms with Crippen LogP contribution >= 0.6 is 0 Å². The van der Waals surface area contributed by atoms with Gasteiger partial charge in [-0.05, 0) is 25.0 Å². The summed E-state index contributed by atoms with van der Waals surface area (Å²) >= 11 is 0. The van der Waals surface area contributed by atoms with Crippen molar-refractivity contribution in [1.82, 2.24) is 9.71 Å². The van der Waals surface area contributed by atoms with Crippen LogP contribution in [0.5, 0.6) is 0 Å². The highest BCUT2D eigenvalue weighted by Crippen LogP contribution is 2.24. The largest absolute Gasteiger partial charge is 0.409 e. The number of benzene rings is 2. The molecule has 4 rings (SSSR count). The number of hydrogen-bond donors (Lipinski definition) is 0. The Kier molecular flexibility index (Phi) is 4.98. The molecule has 4 nitrogen and oxygen atoms in total. The Hall–Kier alpha value is -2.33. The average Bonchev–Trinajstić information content (AvgIpc) is 3.05. The second-order valence-corrected chi connectivity index (χ2v) is 6.55. The molecular weight excluding hydrogens is 312 g/mol. The molecule has 1 aliphatic carbocycles. The van der Waals surface area contributed by atoms with Crippen molar-refractivity contribution in [1.29, 1.82) is 0 Å². The first-order chi connectivity index (χ1) is 12.4. The lowest BCUT2D eigenvalue weighted by atomic mass is 9.98. The second kappa shape index (κ2) is 7.70. The van der Waals surface area contributed by atoms with Gasteiger partial charge in [-0.15, -0.1) is 0 Å². The fourth-order valence-electron chi connectivity index (χ4n) is 3.48. The summed E-state index contributed by atoms with van der Waals surface area (Å²) in [6.07, 6.45) is 6.70. The van der Waals surface area contributed by atoms with Crippen molar-refractivity contribution in [2.45, 2.75) is 38.2 Å². The maximum atomic E-state index is 6.07. The average molecular weight is 336 g/mol. The van der Waals surface area contributed by atoms with Gasteiger partial charge in [0.25, 0.3) is 0 Å². The molecule has 0 aliphatic heterocycles. The highest BCUT2D eigenvalue weighted by Gasteiger charge is 2.15. The highest BCUT2D eigenvalue weighted by atomic mass is 16.7. The molecule has 0 N–H and O–H groups in total. The van der Waals surface area contributed by atoms with Crippen LogP contribution in [0.4, 0.5) is 0 Å². The number of aromatic nitrogens is 2. The van der Waals surface area contributed by atoms with Gasteiger partial charge in [0.15, 0.2) is 5.82 Å². The van der Waals surface area contributed by atoms with Crippen LogP contribution in [0, 0.1) is 0 Å². The van der Waals surface area contributed by atoms with Gasteiger partial charge in [-0.1, -0.05) is 61.7 Å². The Balaban J connectivity index is 1.49. The van der Waals surface area contributed by atoms with E-state index in [1.807, 2.05) is 47.2 Å². The van der Waals surface area contributed by atoms with E-state index in [2.05, 4.69) is 12.1 Å². The summed E-state index contributed by atoms with van der Waals surface area (Å²) in [5.74, 6) is 0.833. The van der Waals surface area contributed by atoms with Crippen molar-refractivity contribution in [3.8, 4) is 11.4 Å². The van der Waals surface area contributed by atoms with E-state index in [-0.39, 0.29) is 0 Å². The molecule has 0 spiro atoms. The lowest BCUT2D eigenvalue weighted by Gasteiger charge is -2.22. The molecule has 1 heterocycles. The van der Waals surface area contributed by atoms with Crippen molar-refractivity contribution in [2.75, 3.05) is 13.2 Å². The topological polar surface area (TPSA) is 36.3 Å². The van der Waals surface area contributed by atoms with Crippen molar-refractivity contribution < 1.29 is 9.57 Å². The molecule has 1 fully saturated rings. The minimum absolute atomic E-state index is 0.408. The summed E-state index contributed by atoms with van der Waals surface area (Å²) in [6, 6.07) is 18.2. The molecule has 0 bridgehead atoms. The normalized spacial score (nSPS) is 15.5. The van der Waals surface area contributed by atoms with Gasteiger partial charge in [0, 0.05) is 5.56 Å². The van der Waals surface area contributed by atoms with E-state index in [1.54, 1.807) is 0 Å². The summed E-state index contributed by atoms with van der Waals surface area (Å²) in [5, 5.41) is 0. The lowest BCUT2D eigenvalue weighted by molar-refractivity contribution is -0.0110. The quantitative estimate of drug-likeness (QED) is 0.623. The van der Waals surface area contributed by atoms with E-state index in [0.29, 0.717) is 19.3 Å². The van der Waals surface area contributed by atoms with Crippen LogP contribution in [-0.4, -0.2) is 29.0 Å². The third-order valence-corrected chi connectivity index (χ3v) is 4.76. The van der Waals surface area contributed by atoms with Crippen molar-refractivity contribution in [3.63, 3.8) is 0 Å². The first-order valence-electron chi connectivity index (χ1n) is 9.19. The van der Waals surface area contributed by atoms with Crippen LogP contribution < -0.4 is 4.84 Å². The van der Waals surface area contributed by atoms with Crippen LogP contribution in [0.15, 0.2) is 54.6 Å². The number of nitrogens with zero attached hydrogens (tertiary/aromatic N) is 2. The number of para-hydroxylation sites is 2. The molecule has 130 valence electrons. The third-order valence-electron chi connectivity index (χ3n) is 4.76. The summed E-state index contributed by atoms with van der Waals surface area (Å²) in [7, 11) is 0. The molecule has 3 aromatic rings. The zero-order valence-electron chi connectivity index (χ0n) is 14.4. The standard InChI is InChI=1S/C21H24N2O2/c1-3-9-17(10-4-1)21-22-19-13-7-8-14-20(19)23(21)25-16-15-24-18-11-5-2-6-12-18/h1,3-4,7-10,13-14,18H,2,5-6,11-12,15-16H2. The number of imidazole rings is 1. The summed E-state index contributed by atoms with van der Waals surface area (Å²) < 4.78 is 7.82. The first kappa shape index (κ1) is 16.2. The van der Waals surface area contributed by atoms with Gasteiger partial charge in [-0.3, -0.25) is 0 Å². The molecule has 2 aromatic carbocycles. The minimum Gasteiger partial charge on any atom is -0.409 e. The van der Waals surface area contributed by atoms with Crippen LogP contribution in [0.3, 0.4) is 0 Å². The number of ether oxygens (including phenoxy) is 1. The van der Waals surface area contributed by atoms with E-state index >= 15 is 0 Å². The summed E-state index contributed by atoms with van der Waals surface area (Å²) in [6.45, 7) is 1.14. The second-order valence-electron chi connectivity index (χ2n) is 6.55. The fourth-order valence-corrected chi connectivity index (χ4v) is 3.48. The Labute approximate surface area is 148 Å². The van der Waals surface area contributed by atoms with Crippen LogP contribution in [0.2, 0.25) is 0 Å². The monoisotopic (exact) mass is 336 g/mol. The molecule has 1 saturated carbocycles. The van der Waals surface area contributed by atoms with Gasteiger partial charge in [0.2, 0.25) is 0 Å². The first-order valence-corrected chi connectivity index (χ1v) is 9.19. The van der Waals surface area contributed by atoms with E-state index in [1.165, 1.54) is 32.1 Å². The number of fused-ring (bicyclic) bond motifs is 1. The predicted octanol–water partition coefficient (Wildman–Crippen LogP) is 4.48. The molecule has 4 heteroatoms. The van der Waals surface area contributed by atoms with Crippen molar-refractivity contribution in [2.24, 2.45) is 0 Å². The van der Waals surface area contributed by atoms with Gasteiger partial charge in [0.1, 0.15) is 12.1 Å². The molecule has 25 heavy (non-hydrogen) atoms. The molecular formula is C21H24N2O2. The van der Waals surface area contributed by atoms with Gasteiger partial charge in [0.05, 0.1) is 18.2 Å². The predicted molar refractivity (Wildman–Crippen MR) is 99.4 cm³/mol. The van der Waals surface area contributed by atoms with Gasteiger partial charge >= 0.3 is 0 Å². The zero-order chi connectivity index (χ0) is 16.9. The molecule has 0 radical (unpaired) electrons. The third kappa shape index (κ3) is 3.69. The van der Waals surface area contributed by atoms with Gasteiger partial charge < -0.3 is 9.57 Å². The van der Waals surface area contributed by atoms with Gasteiger partial charge in [-0.2, -0.15) is 4.73 Å². The molecule has 0 atom stereocenters. The van der Waals surface area contributed by atoms with Crippen molar-refractivity contribution in [3.05, 3.63) is 54.6 Å². The van der Waals surface area contributed by atoms with E-state index < -0.39 is 0 Å².